The summed E-state index contributed by atoms with van der Waals surface area (Å²) in [6.45, 7) is 0. The number of amides is 1. The second-order valence-corrected chi connectivity index (χ2v) is 5.93. The van der Waals surface area contributed by atoms with Crippen molar-refractivity contribution in [2.75, 3.05) is 5.32 Å². The number of halogens is 1. The Labute approximate surface area is 118 Å². The highest BCUT2D eigenvalue weighted by atomic mass is 19.1. The lowest BCUT2D eigenvalue weighted by Crippen LogP contribution is -2.22. The fourth-order valence-corrected chi connectivity index (χ4v) is 3.37. The SMILES string of the molecule is O=C1CCc2cc(C(O)C3CCCCC3)cc(F)c2N1. The van der Waals surface area contributed by atoms with E-state index < -0.39 is 11.9 Å². The number of carbonyl (C=O) groups is 1. The van der Waals surface area contributed by atoms with Crippen LogP contribution in [0.3, 0.4) is 0 Å². The van der Waals surface area contributed by atoms with Gasteiger partial charge in [0, 0.05) is 6.42 Å². The van der Waals surface area contributed by atoms with Crippen molar-refractivity contribution in [1.82, 2.24) is 0 Å². The van der Waals surface area contributed by atoms with Gasteiger partial charge in [0.15, 0.2) is 0 Å². The largest absolute Gasteiger partial charge is 0.388 e. The molecular formula is C16H20FNO2. The highest BCUT2D eigenvalue weighted by Crippen LogP contribution is 2.37. The van der Waals surface area contributed by atoms with Crippen LogP contribution >= 0.6 is 0 Å². The van der Waals surface area contributed by atoms with Crippen molar-refractivity contribution in [2.45, 2.75) is 51.0 Å². The van der Waals surface area contributed by atoms with E-state index in [-0.39, 0.29) is 11.8 Å². The number of hydrogen-bond acceptors (Lipinski definition) is 2. The molecule has 1 saturated carbocycles. The molecule has 0 saturated heterocycles. The standard InChI is InChI=1S/C16H20FNO2/c17-13-9-12(16(20)10-4-2-1-3-5-10)8-11-6-7-14(19)18-15(11)13/h8-10,16,20H,1-7H2,(H,18,19). The molecule has 1 fully saturated rings. The molecule has 1 aromatic rings. The monoisotopic (exact) mass is 277 g/mol. The van der Waals surface area contributed by atoms with E-state index in [1.165, 1.54) is 12.5 Å². The fraction of sp³-hybridized carbons (Fsp3) is 0.562. The molecule has 4 heteroatoms. The molecule has 1 aliphatic carbocycles. The van der Waals surface area contributed by atoms with E-state index in [1.807, 2.05) is 6.07 Å². The van der Waals surface area contributed by atoms with Crippen LogP contribution in [0.2, 0.25) is 0 Å². The summed E-state index contributed by atoms with van der Waals surface area (Å²) in [6.07, 6.45) is 5.88. The third-order valence-corrected chi connectivity index (χ3v) is 4.52. The van der Waals surface area contributed by atoms with Gasteiger partial charge in [-0.25, -0.2) is 4.39 Å². The highest BCUT2D eigenvalue weighted by molar-refractivity contribution is 5.94. The highest BCUT2D eigenvalue weighted by Gasteiger charge is 2.26. The number of carbonyl (C=O) groups excluding carboxylic acids is 1. The first-order chi connectivity index (χ1) is 9.65. The van der Waals surface area contributed by atoms with Crippen LogP contribution in [0.15, 0.2) is 12.1 Å². The van der Waals surface area contributed by atoms with Crippen LogP contribution in [0.25, 0.3) is 0 Å². The second-order valence-electron chi connectivity index (χ2n) is 5.93. The van der Waals surface area contributed by atoms with Crippen molar-refractivity contribution in [3.63, 3.8) is 0 Å². The number of hydrogen-bond donors (Lipinski definition) is 2. The molecule has 3 nitrogen and oxygen atoms in total. The van der Waals surface area contributed by atoms with E-state index in [1.54, 1.807) is 0 Å². The minimum absolute atomic E-state index is 0.142. The smallest absolute Gasteiger partial charge is 0.224 e. The maximum atomic E-state index is 14.1. The molecule has 0 aromatic heterocycles. The molecular weight excluding hydrogens is 257 g/mol. The molecule has 1 aromatic carbocycles. The van der Waals surface area contributed by atoms with Crippen LogP contribution in [0, 0.1) is 11.7 Å². The number of fused-ring (bicyclic) bond motifs is 1. The molecule has 1 aliphatic heterocycles. The third kappa shape index (κ3) is 2.57. The lowest BCUT2D eigenvalue weighted by atomic mass is 9.82. The van der Waals surface area contributed by atoms with Gasteiger partial charge in [-0.2, -0.15) is 0 Å². The zero-order valence-corrected chi connectivity index (χ0v) is 11.5. The van der Waals surface area contributed by atoms with Gasteiger partial charge >= 0.3 is 0 Å². The minimum Gasteiger partial charge on any atom is -0.388 e. The molecule has 2 N–H and O–H groups in total. The van der Waals surface area contributed by atoms with Gasteiger partial charge in [0.2, 0.25) is 5.91 Å². The van der Waals surface area contributed by atoms with Crippen molar-refractivity contribution >= 4 is 11.6 Å². The van der Waals surface area contributed by atoms with Gasteiger partial charge < -0.3 is 10.4 Å². The van der Waals surface area contributed by atoms with Crippen LogP contribution in [0.5, 0.6) is 0 Å². The minimum atomic E-state index is -0.590. The van der Waals surface area contributed by atoms with Crippen LogP contribution in [-0.2, 0) is 11.2 Å². The number of anilines is 1. The Balaban J connectivity index is 1.87. The van der Waals surface area contributed by atoms with Crippen LogP contribution in [0.4, 0.5) is 10.1 Å². The van der Waals surface area contributed by atoms with Gasteiger partial charge in [-0.3, -0.25) is 4.79 Å². The van der Waals surface area contributed by atoms with Gasteiger partial charge in [-0.05, 0) is 42.4 Å². The third-order valence-electron chi connectivity index (χ3n) is 4.52. The predicted octanol–water partition coefficient (Wildman–Crippen LogP) is 3.32. The number of aliphatic hydroxyl groups excluding tert-OH is 1. The van der Waals surface area contributed by atoms with Crippen molar-refractivity contribution in [1.29, 1.82) is 0 Å². The first-order valence-corrected chi connectivity index (χ1v) is 7.45. The number of benzene rings is 1. The summed E-state index contributed by atoms with van der Waals surface area (Å²) in [6, 6.07) is 3.24. The van der Waals surface area contributed by atoms with E-state index in [0.29, 0.717) is 24.1 Å². The first-order valence-electron chi connectivity index (χ1n) is 7.45. The normalized spacial score (nSPS) is 21.2. The Bertz CT molecular complexity index is 523. The number of rotatable bonds is 2. The first kappa shape index (κ1) is 13.6. The van der Waals surface area contributed by atoms with Crippen LogP contribution in [-0.4, -0.2) is 11.0 Å². The molecule has 0 spiro atoms. The molecule has 20 heavy (non-hydrogen) atoms. The van der Waals surface area contributed by atoms with E-state index in [2.05, 4.69) is 5.32 Å². The Kier molecular flexibility index (Phi) is 3.74. The Morgan fingerprint density at radius 3 is 2.70 bits per heavy atom. The van der Waals surface area contributed by atoms with E-state index in [0.717, 1.165) is 31.2 Å². The summed E-state index contributed by atoms with van der Waals surface area (Å²) < 4.78 is 14.1. The molecule has 0 radical (unpaired) electrons. The van der Waals surface area contributed by atoms with Crippen molar-refractivity contribution in [2.24, 2.45) is 5.92 Å². The second kappa shape index (κ2) is 5.52. The summed E-state index contributed by atoms with van der Waals surface area (Å²) in [5.74, 6) is -0.336. The van der Waals surface area contributed by atoms with Crippen molar-refractivity contribution in [3.05, 3.63) is 29.1 Å². The average molecular weight is 277 g/mol. The van der Waals surface area contributed by atoms with Crippen molar-refractivity contribution < 1.29 is 14.3 Å². The van der Waals surface area contributed by atoms with Crippen LogP contribution < -0.4 is 5.32 Å². The summed E-state index contributed by atoms with van der Waals surface area (Å²) in [5.41, 5.74) is 1.75. The quantitative estimate of drug-likeness (QED) is 0.871. The topological polar surface area (TPSA) is 49.3 Å². The molecule has 1 unspecified atom stereocenters. The number of aliphatic hydroxyl groups is 1. The lowest BCUT2D eigenvalue weighted by Gasteiger charge is -2.28. The molecule has 1 heterocycles. The molecule has 0 bridgehead atoms. The van der Waals surface area contributed by atoms with E-state index in [4.69, 9.17) is 0 Å². The summed E-state index contributed by atoms with van der Waals surface area (Å²) in [5, 5.41) is 13.0. The van der Waals surface area contributed by atoms with Gasteiger partial charge in [0.1, 0.15) is 5.82 Å². The predicted molar refractivity (Wildman–Crippen MR) is 74.9 cm³/mol. The molecule has 1 amide bonds. The Morgan fingerprint density at radius 2 is 1.95 bits per heavy atom. The molecule has 108 valence electrons. The maximum absolute atomic E-state index is 14.1. The number of aryl methyl sites for hydroxylation is 1. The lowest BCUT2D eigenvalue weighted by molar-refractivity contribution is -0.116. The van der Waals surface area contributed by atoms with E-state index >= 15 is 0 Å². The Morgan fingerprint density at radius 1 is 1.20 bits per heavy atom. The molecule has 2 aliphatic rings. The van der Waals surface area contributed by atoms with Crippen molar-refractivity contribution in [3.8, 4) is 0 Å². The zero-order chi connectivity index (χ0) is 14.1. The summed E-state index contributed by atoms with van der Waals surface area (Å²) in [4.78, 5) is 11.3. The van der Waals surface area contributed by atoms with E-state index in [9.17, 15) is 14.3 Å². The van der Waals surface area contributed by atoms with Gasteiger partial charge in [0.05, 0.1) is 11.8 Å². The average Bonchev–Trinajstić information content (AvgIpc) is 2.48. The van der Waals surface area contributed by atoms with Gasteiger partial charge in [0.25, 0.3) is 0 Å². The summed E-state index contributed by atoms with van der Waals surface area (Å²) >= 11 is 0. The zero-order valence-electron chi connectivity index (χ0n) is 11.5. The maximum Gasteiger partial charge on any atom is 0.224 e. The van der Waals surface area contributed by atoms with Crippen LogP contribution in [0.1, 0.15) is 55.8 Å². The summed E-state index contributed by atoms with van der Waals surface area (Å²) in [7, 11) is 0. The molecule has 3 rings (SSSR count). The fourth-order valence-electron chi connectivity index (χ4n) is 3.37. The number of nitrogens with one attached hydrogen (secondary N) is 1. The Hall–Kier alpha value is -1.42. The molecule has 1 atom stereocenters. The van der Waals surface area contributed by atoms with Gasteiger partial charge in [-0.1, -0.05) is 25.3 Å². The van der Waals surface area contributed by atoms with Gasteiger partial charge in [-0.15, -0.1) is 0 Å².